The molecule has 0 unspecified atom stereocenters. The van der Waals surface area contributed by atoms with E-state index in [-0.39, 0.29) is 0 Å². The van der Waals surface area contributed by atoms with Crippen LogP contribution in [0.5, 0.6) is 11.5 Å². The minimum atomic E-state index is -0.733. The molecule has 138 valence electrons. The zero-order valence-electron chi connectivity index (χ0n) is 15.6. The Kier molecular flexibility index (Phi) is 5.24. The molecule has 1 N–H and O–H groups in total. The highest BCUT2D eigenvalue weighted by molar-refractivity contribution is 7.99. The number of halogens is 1. The number of benzene rings is 2. The van der Waals surface area contributed by atoms with Crippen LogP contribution in [0.25, 0.3) is 0 Å². The van der Waals surface area contributed by atoms with Crippen LogP contribution in [0.3, 0.4) is 0 Å². The van der Waals surface area contributed by atoms with Gasteiger partial charge in [-0.15, -0.1) is 0 Å². The van der Waals surface area contributed by atoms with E-state index >= 15 is 0 Å². The predicted molar refractivity (Wildman–Crippen MR) is 106 cm³/mol. The average Bonchev–Trinajstić information content (AvgIpc) is 2.76. The first-order valence-corrected chi connectivity index (χ1v) is 9.66. The molecule has 1 saturated heterocycles. The molecule has 1 fully saturated rings. The smallest absolute Gasteiger partial charge is 0.457 e. The van der Waals surface area contributed by atoms with Crippen molar-refractivity contribution in [1.82, 2.24) is 0 Å². The van der Waals surface area contributed by atoms with Gasteiger partial charge in [0.2, 0.25) is 0 Å². The van der Waals surface area contributed by atoms with Gasteiger partial charge in [-0.3, -0.25) is 0 Å². The normalized spacial score (nSPS) is 18.0. The van der Waals surface area contributed by atoms with Crippen LogP contribution in [-0.2, 0) is 9.31 Å². The SMILES string of the molecule is CSNc1cccc(Oc2ccc(B3OC(C)(C)C(C)(C)O3)c(F)c2)c1. The standard InChI is InChI=1S/C19H23BFNO3S/c1-18(2)19(3,4)25-20(24-18)16-10-9-15(12-17(16)21)23-14-8-6-7-13(11-14)22-26-5/h6-12,22H,1-5H3. The van der Waals surface area contributed by atoms with Crippen molar-refractivity contribution in [3.63, 3.8) is 0 Å². The Morgan fingerprint density at radius 2 is 1.65 bits per heavy atom. The molecule has 0 aliphatic carbocycles. The minimum absolute atomic E-state index is 0.369. The summed E-state index contributed by atoms with van der Waals surface area (Å²) in [5, 5.41) is 0. The third kappa shape index (κ3) is 3.85. The summed E-state index contributed by atoms with van der Waals surface area (Å²) in [6.45, 7) is 7.77. The number of anilines is 1. The molecule has 0 radical (unpaired) electrons. The van der Waals surface area contributed by atoms with Gasteiger partial charge in [0.15, 0.2) is 0 Å². The van der Waals surface area contributed by atoms with Crippen LogP contribution in [0.15, 0.2) is 42.5 Å². The number of nitrogens with one attached hydrogen (secondary N) is 1. The molecule has 0 saturated carbocycles. The molecule has 1 aliphatic heterocycles. The van der Waals surface area contributed by atoms with Crippen LogP contribution in [0, 0.1) is 5.82 Å². The van der Waals surface area contributed by atoms with E-state index in [1.807, 2.05) is 58.2 Å². The van der Waals surface area contributed by atoms with Crippen molar-refractivity contribution in [3.8, 4) is 11.5 Å². The Morgan fingerprint density at radius 1 is 1.00 bits per heavy atom. The number of hydrogen-bond acceptors (Lipinski definition) is 5. The number of ether oxygens (including phenoxy) is 1. The summed E-state index contributed by atoms with van der Waals surface area (Å²) in [7, 11) is -0.733. The second-order valence-electron chi connectivity index (χ2n) is 7.21. The molecule has 0 atom stereocenters. The molecule has 1 aliphatic rings. The van der Waals surface area contributed by atoms with E-state index in [4.69, 9.17) is 14.0 Å². The van der Waals surface area contributed by atoms with Gasteiger partial charge in [-0.05, 0) is 45.9 Å². The van der Waals surface area contributed by atoms with Crippen LogP contribution in [0.2, 0.25) is 0 Å². The van der Waals surface area contributed by atoms with Gasteiger partial charge in [-0.2, -0.15) is 0 Å². The maximum Gasteiger partial charge on any atom is 0.497 e. The van der Waals surface area contributed by atoms with Crippen molar-refractivity contribution in [3.05, 3.63) is 48.3 Å². The van der Waals surface area contributed by atoms with Crippen molar-refractivity contribution in [2.45, 2.75) is 38.9 Å². The monoisotopic (exact) mass is 375 g/mol. The third-order valence-electron chi connectivity index (χ3n) is 4.77. The number of rotatable bonds is 5. The second-order valence-corrected chi connectivity index (χ2v) is 7.82. The summed E-state index contributed by atoms with van der Waals surface area (Å²) in [5.41, 5.74) is 0.270. The fraction of sp³-hybridized carbons (Fsp3) is 0.368. The summed E-state index contributed by atoms with van der Waals surface area (Å²) in [6.07, 6.45) is 1.94. The highest BCUT2D eigenvalue weighted by Gasteiger charge is 2.52. The topological polar surface area (TPSA) is 39.7 Å². The summed E-state index contributed by atoms with van der Waals surface area (Å²) >= 11 is 1.49. The molecule has 2 aromatic rings. The van der Waals surface area contributed by atoms with E-state index in [0.717, 1.165) is 5.69 Å². The molecule has 1 heterocycles. The summed E-state index contributed by atoms with van der Waals surface area (Å²) < 4.78 is 35.4. The van der Waals surface area contributed by atoms with Gasteiger partial charge in [-0.25, -0.2) is 4.39 Å². The molecule has 0 aromatic heterocycles. The van der Waals surface area contributed by atoms with E-state index in [2.05, 4.69) is 4.72 Å². The highest BCUT2D eigenvalue weighted by Crippen LogP contribution is 2.37. The van der Waals surface area contributed by atoms with Crippen molar-refractivity contribution in [2.24, 2.45) is 0 Å². The molecule has 0 spiro atoms. The summed E-state index contributed by atoms with van der Waals surface area (Å²) in [5.74, 6) is 0.635. The molecular formula is C19H23BFNO3S. The van der Waals surface area contributed by atoms with Crippen LogP contribution >= 0.6 is 11.9 Å². The van der Waals surface area contributed by atoms with Crippen LogP contribution in [0.1, 0.15) is 27.7 Å². The van der Waals surface area contributed by atoms with Gasteiger partial charge in [0, 0.05) is 29.5 Å². The molecule has 2 aromatic carbocycles. The molecule has 0 amide bonds. The fourth-order valence-corrected chi connectivity index (χ4v) is 2.97. The largest absolute Gasteiger partial charge is 0.497 e. The van der Waals surface area contributed by atoms with E-state index in [9.17, 15) is 4.39 Å². The van der Waals surface area contributed by atoms with Gasteiger partial charge in [0.05, 0.1) is 11.2 Å². The zero-order chi connectivity index (χ0) is 18.9. The molecule has 3 rings (SSSR count). The van der Waals surface area contributed by atoms with Crippen molar-refractivity contribution >= 4 is 30.2 Å². The Hall–Kier alpha value is -1.70. The van der Waals surface area contributed by atoms with E-state index in [0.29, 0.717) is 17.0 Å². The van der Waals surface area contributed by atoms with E-state index in [1.54, 1.807) is 12.1 Å². The Labute approximate surface area is 158 Å². The maximum atomic E-state index is 14.7. The molecule has 4 nitrogen and oxygen atoms in total. The van der Waals surface area contributed by atoms with Gasteiger partial charge in [-0.1, -0.05) is 24.1 Å². The Bertz CT molecular complexity index is 784. The zero-order valence-corrected chi connectivity index (χ0v) is 16.4. The second kappa shape index (κ2) is 7.14. The van der Waals surface area contributed by atoms with E-state index < -0.39 is 24.1 Å². The summed E-state index contributed by atoms with van der Waals surface area (Å²) in [4.78, 5) is 0. The first-order chi connectivity index (χ1) is 12.2. The first-order valence-electron chi connectivity index (χ1n) is 8.44. The summed E-state index contributed by atoms with van der Waals surface area (Å²) in [6, 6.07) is 12.2. The molecular weight excluding hydrogens is 352 g/mol. The van der Waals surface area contributed by atoms with Crippen molar-refractivity contribution < 1.29 is 18.4 Å². The molecule has 7 heteroatoms. The lowest BCUT2D eigenvalue weighted by atomic mass is 9.78. The van der Waals surface area contributed by atoms with Gasteiger partial charge in [0.1, 0.15) is 17.3 Å². The number of hydrogen-bond donors (Lipinski definition) is 1. The first kappa shape index (κ1) is 19.1. The maximum absolute atomic E-state index is 14.7. The molecule has 26 heavy (non-hydrogen) atoms. The lowest BCUT2D eigenvalue weighted by molar-refractivity contribution is 0.00578. The van der Waals surface area contributed by atoms with Crippen LogP contribution in [0.4, 0.5) is 10.1 Å². The Morgan fingerprint density at radius 3 is 2.27 bits per heavy atom. The minimum Gasteiger partial charge on any atom is -0.457 e. The van der Waals surface area contributed by atoms with Crippen LogP contribution < -0.4 is 14.9 Å². The third-order valence-corrected chi connectivity index (χ3v) is 5.21. The average molecular weight is 375 g/mol. The lowest BCUT2D eigenvalue weighted by Crippen LogP contribution is -2.41. The van der Waals surface area contributed by atoms with Gasteiger partial charge < -0.3 is 18.8 Å². The quantitative estimate of drug-likeness (QED) is 0.611. The predicted octanol–water partition coefficient (Wildman–Crippen LogP) is 4.61. The lowest BCUT2D eigenvalue weighted by Gasteiger charge is -2.32. The van der Waals surface area contributed by atoms with Crippen molar-refractivity contribution in [1.29, 1.82) is 0 Å². The van der Waals surface area contributed by atoms with Crippen molar-refractivity contribution in [2.75, 3.05) is 11.0 Å². The van der Waals surface area contributed by atoms with E-state index in [1.165, 1.54) is 18.0 Å². The van der Waals surface area contributed by atoms with Crippen LogP contribution in [-0.4, -0.2) is 24.6 Å². The highest BCUT2D eigenvalue weighted by atomic mass is 32.2. The Balaban J connectivity index is 1.77. The van der Waals surface area contributed by atoms with Gasteiger partial charge in [0.25, 0.3) is 0 Å². The van der Waals surface area contributed by atoms with Gasteiger partial charge >= 0.3 is 7.12 Å². The fourth-order valence-electron chi connectivity index (χ4n) is 2.61. The molecule has 0 bridgehead atoms.